The molecule has 28 heavy (non-hydrogen) atoms. The normalized spacial score (nSPS) is 11.9. The molecule has 0 atom stereocenters. The average molecular weight is 410 g/mol. The molecular weight excluding hydrogens is 382 g/mol. The fraction of sp³-hybridized carbons (Fsp3) is 0.476. The fourth-order valence-corrected chi connectivity index (χ4v) is 2.95. The minimum Gasteiger partial charge on any atom is -0.492 e. The Balaban J connectivity index is 0.000000878. The maximum absolute atomic E-state index is 12.2. The molecule has 0 radical (unpaired) electrons. The van der Waals surface area contributed by atoms with Gasteiger partial charge in [0.05, 0.1) is 37.2 Å². The van der Waals surface area contributed by atoms with Gasteiger partial charge in [0.1, 0.15) is 18.1 Å². The number of aromatic nitrogens is 1. The number of methoxy groups -OCH3 is 2. The summed E-state index contributed by atoms with van der Waals surface area (Å²) in [5.74, 6) is 1.50. The standard InChI is InChI=1S/C18H20ClNO5.C3H8/c1-22-5-3-6-24-17-10-16-12(8-13(17)19)14-9-15(21)18(23-2)11-20(14)4-7-25-16;1-3-2/h8-11H,3-7H2,1-2H3;3H2,1-2H3. The van der Waals surface area contributed by atoms with E-state index in [1.54, 1.807) is 31.5 Å². The van der Waals surface area contributed by atoms with Crippen LogP contribution in [-0.4, -0.2) is 38.6 Å². The van der Waals surface area contributed by atoms with E-state index in [1.807, 2.05) is 4.57 Å². The molecule has 1 aliphatic heterocycles. The van der Waals surface area contributed by atoms with Gasteiger partial charge in [0.25, 0.3) is 0 Å². The second-order valence-electron chi connectivity index (χ2n) is 6.31. The van der Waals surface area contributed by atoms with Crippen molar-refractivity contribution in [2.24, 2.45) is 0 Å². The third-order valence-electron chi connectivity index (χ3n) is 3.96. The molecule has 7 heteroatoms. The molecule has 0 saturated carbocycles. The van der Waals surface area contributed by atoms with E-state index in [0.29, 0.717) is 48.6 Å². The van der Waals surface area contributed by atoms with Crippen molar-refractivity contribution in [3.63, 3.8) is 0 Å². The van der Waals surface area contributed by atoms with Crippen LogP contribution in [0.15, 0.2) is 29.2 Å². The highest BCUT2D eigenvalue weighted by molar-refractivity contribution is 6.32. The molecule has 0 fully saturated rings. The molecule has 0 unspecified atom stereocenters. The van der Waals surface area contributed by atoms with Gasteiger partial charge in [-0.2, -0.15) is 0 Å². The Kier molecular flexibility index (Phi) is 8.67. The van der Waals surface area contributed by atoms with Crippen LogP contribution in [0, 0.1) is 0 Å². The summed E-state index contributed by atoms with van der Waals surface area (Å²) >= 11 is 6.37. The van der Waals surface area contributed by atoms with Gasteiger partial charge in [-0.15, -0.1) is 0 Å². The summed E-state index contributed by atoms with van der Waals surface area (Å²) in [6.45, 7) is 6.44. The van der Waals surface area contributed by atoms with E-state index >= 15 is 0 Å². The van der Waals surface area contributed by atoms with Crippen LogP contribution in [0.1, 0.15) is 26.7 Å². The number of benzene rings is 1. The van der Waals surface area contributed by atoms with Crippen molar-refractivity contribution in [1.29, 1.82) is 0 Å². The van der Waals surface area contributed by atoms with Crippen LogP contribution in [0.3, 0.4) is 0 Å². The molecule has 0 spiro atoms. The molecule has 3 rings (SSSR count). The number of hydrogen-bond donors (Lipinski definition) is 0. The quantitative estimate of drug-likeness (QED) is 0.662. The second kappa shape index (κ2) is 11.0. The highest BCUT2D eigenvalue weighted by atomic mass is 35.5. The van der Waals surface area contributed by atoms with Crippen molar-refractivity contribution in [2.75, 3.05) is 34.0 Å². The van der Waals surface area contributed by atoms with E-state index in [1.165, 1.54) is 13.5 Å². The SMILES string of the molecule is CCC.COCCCOc1cc2c(cc1Cl)-c1cc(=O)c(OC)cn1CCO2. The van der Waals surface area contributed by atoms with Crippen LogP contribution in [0.4, 0.5) is 0 Å². The van der Waals surface area contributed by atoms with Gasteiger partial charge in [-0.1, -0.05) is 31.9 Å². The van der Waals surface area contributed by atoms with Gasteiger partial charge in [0.15, 0.2) is 5.75 Å². The Morgan fingerprint density at radius 3 is 2.57 bits per heavy atom. The smallest absolute Gasteiger partial charge is 0.223 e. The third-order valence-corrected chi connectivity index (χ3v) is 4.26. The number of halogens is 1. The lowest BCUT2D eigenvalue weighted by molar-refractivity contribution is 0.172. The number of hydrogen-bond acceptors (Lipinski definition) is 5. The van der Waals surface area contributed by atoms with Crippen molar-refractivity contribution in [2.45, 2.75) is 33.2 Å². The molecular formula is C21H28ClNO5. The number of nitrogens with zero attached hydrogens (tertiary/aromatic N) is 1. The monoisotopic (exact) mass is 409 g/mol. The van der Waals surface area contributed by atoms with Crippen LogP contribution < -0.4 is 19.6 Å². The van der Waals surface area contributed by atoms with Crippen molar-refractivity contribution in [3.8, 4) is 28.5 Å². The lowest BCUT2D eigenvalue weighted by atomic mass is 10.1. The van der Waals surface area contributed by atoms with Crippen molar-refractivity contribution in [3.05, 3.63) is 39.6 Å². The van der Waals surface area contributed by atoms with Crippen LogP contribution in [0.25, 0.3) is 11.3 Å². The number of rotatable bonds is 6. The van der Waals surface area contributed by atoms with Gasteiger partial charge in [-0.25, -0.2) is 0 Å². The fourth-order valence-electron chi connectivity index (χ4n) is 2.73. The molecule has 1 aromatic heterocycles. The van der Waals surface area contributed by atoms with Gasteiger partial charge < -0.3 is 23.5 Å². The first-order valence-corrected chi connectivity index (χ1v) is 9.80. The zero-order valence-corrected chi connectivity index (χ0v) is 17.7. The summed E-state index contributed by atoms with van der Waals surface area (Å²) in [6.07, 6.45) is 3.71. The lowest BCUT2D eigenvalue weighted by Gasteiger charge is -2.14. The Hall–Kier alpha value is -2.18. The van der Waals surface area contributed by atoms with E-state index in [0.717, 1.165) is 17.7 Å². The van der Waals surface area contributed by atoms with Gasteiger partial charge in [0, 0.05) is 37.8 Å². The first-order valence-electron chi connectivity index (χ1n) is 9.42. The van der Waals surface area contributed by atoms with Crippen LogP contribution in [-0.2, 0) is 11.3 Å². The Labute approximate surface area is 170 Å². The van der Waals surface area contributed by atoms with E-state index in [-0.39, 0.29) is 5.43 Å². The van der Waals surface area contributed by atoms with Crippen molar-refractivity contribution < 1.29 is 18.9 Å². The Morgan fingerprint density at radius 2 is 1.89 bits per heavy atom. The van der Waals surface area contributed by atoms with Crippen LogP contribution >= 0.6 is 11.6 Å². The van der Waals surface area contributed by atoms with E-state index in [2.05, 4.69) is 13.8 Å². The second-order valence-corrected chi connectivity index (χ2v) is 6.72. The van der Waals surface area contributed by atoms with Crippen molar-refractivity contribution in [1.82, 2.24) is 4.57 Å². The van der Waals surface area contributed by atoms with Crippen LogP contribution in [0.5, 0.6) is 17.2 Å². The average Bonchev–Trinajstić information content (AvgIpc) is 2.84. The lowest BCUT2D eigenvalue weighted by Crippen LogP contribution is -2.13. The molecule has 0 amide bonds. The first-order chi connectivity index (χ1) is 13.5. The maximum Gasteiger partial charge on any atom is 0.223 e. The minimum atomic E-state index is -0.183. The predicted octanol–water partition coefficient (Wildman–Crippen LogP) is 4.40. The molecule has 6 nitrogen and oxygen atoms in total. The number of fused-ring (bicyclic) bond motifs is 3. The number of ether oxygens (including phenoxy) is 4. The molecule has 0 aliphatic carbocycles. The van der Waals surface area contributed by atoms with E-state index < -0.39 is 0 Å². The maximum atomic E-state index is 12.2. The molecule has 1 aliphatic rings. The number of pyridine rings is 1. The minimum absolute atomic E-state index is 0.183. The molecule has 0 bridgehead atoms. The predicted molar refractivity (Wildman–Crippen MR) is 111 cm³/mol. The van der Waals surface area contributed by atoms with E-state index in [9.17, 15) is 4.79 Å². The van der Waals surface area contributed by atoms with Gasteiger partial charge in [0.2, 0.25) is 5.43 Å². The molecule has 1 aromatic carbocycles. The summed E-state index contributed by atoms with van der Waals surface area (Å²) in [7, 11) is 3.13. The van der Waals surface area contributed by atoms with Gasteiger partial charge in [-0.3, -0.25) is 4.79 Å². The third kappa shape index (κ3) is 5.42. The Bertz CT molecular complexity index is 834. The van der Waals surface area contributed by atoms with Gasteiger partial charge in [-0.05, 0) is 6.07 Å². The topological polar surface area (TPSA) is 58.9 Å². The Morgan fingerprint density at radius 1 is 1.14 bits per heavy atom. The summed E-state index contributed by atoms with van der Waals surface area (Å²) in [5.41, 5.74) is 1.32. The molecule has 0 N–H and O–H groups in total. The van der Waals surface area contributed by atoms with Crippen molar-refractivity contribution >= 4 is 11.6 Å². The van der Waals surface area contributed by atoms with Gasteiger partial charge >= 0.3 is 0 Å². The molecule has 2 heterocycles. The zero-order valence-electron chi connectivity index (χ0n) is 16.9. The van der Waals surface area contributed by atoms with E-state index in [4.69, 9.17) is 30.5 Å². The first kappa shape index (κ1) is 22.1. The summed E-state index contributed by atoms with van der Waals surface area (Å²) in [4.78, 5) is 12.2. The molecule has 154 valence electrons. The van der Waals surface area contributed by atoms with Crippen LogP contribution in [0.2, 0.25) is 5.02 Å². The largest absolute Gasteiger partial charge is 0.492 e. The highest BCUT2D eigenvalue weighted by Gasteiger charge is 2.19. The molecule has 0 saturated heterocycles. The zero-order chi connectivity index (χ0) is 20.5. The highest BCUT2D eigenvalue weighted by Crippen LogP contribution is 2.39. The summed E-state index contributed by atoms with van der Waals surface area (Å²) < 4.78 is 23.6. The molecule has 2 aromatic rings. The summed E-state index contributed by atoms with van der Waals surface area (Å²) in [5, 5.41) is 0.469. The summed E-state index contributed by atoms with van der Waals surface area (Å²) in [6, 6.07) is 5.09.